The van der Waals surface area contributed by atoms with Gasteiger partial charge in [0.15, 0.2) is 0 Å². The minimum atomic E-state index is 0.298. The molecule has 0 amide bonds. The quantitative estimate of drug-likeness (QED) is 0.741. The maximum absolute atomic E-state index is 11.1. The normalized spacial score (nSPS) is 10.2. The van der Waals surface area contributed by atoms with Crippen molar-refractivity contribution in [2.45, 2.75) is 33.1 Å². The molecule has 0 N–H and O–H groups in total. The standard InChI is InChI=1S/C13H17BrO2/c1-3-11(15)5-4-8-16-13-7-6-10(2)9-12(13)14/h6-7,9H,3-5,8H2,1-2H3. The second kappa shape index (κ2) is 6.69. The van der Waals surface area contributed by atoms with Gasteiger partial charge in [-0.05, 0) is 47.0 Å². The first kappa shape index (κ1) is 13.2. The number of benzene rings is 1. The molecule has 0 heterocycles. The Hall–Kier alpha value is -0.830. The zero-order chi connectivity index (χ0) is 12.0. The van der Waals surface area contributed by atoms with Crippen LogP contribution in [0.15, 0.2) is 22.7 Å². The lowest BCUT2D eigenvalue weighted by Crippen LogP contribution is -2.02. The van der Waals surface area contributed by atoms with Gasteiger partial charge in [-0.25, -0.2) is 0 Å². The predicted molar refractivity (Wildman–Crippen MR) is 68.9 cm³/mol. The molecule has 16 heavy (non-hydrogen) atoms. The number of aryl methyl sites for hydroxylation is 1. The van der Waals surface area contributed by atoms with Crippen LogP contribution in [0.4, 0.5) is 0 Å². The second-order valence-electron chi connectivity index (χ2n) is 3.78. The van der Waals surface area contributed by atoms with Crippen molar-refractivity contribution in [2.24, 2.45) is 0 Å². The number of hydrogen-bond acceptors (Lipinski definition) is 2. The van der Waals surface area contributed by atoms with Crippen molar-refractivity contribution in [3.63, 3.8) is 0 Å². The average molecular weight is 285 g/mol. The van der Waals surface area contributed by atoms with Crippen LogP contribution in [-0.4, -0.2) is 12.4 Å². The monoisotopic (exact) mass is 284 g/mol. The van der Waals surface area contributed by atoms with Gasteiger partial charge >= 0.3 is 0 Å². The van der Waals surface area contributed by atoms with Gasteiger partial charge in [0.05, 0.1) is 11.1 Å². The van der Waals surface area contributed by atoms with E-state index in [1.165, 1.54) is 5.56 Å². The molecule has 0 saturated carbocycles. The second-order valence-corrected chi connectivity index (χ2v) is 4.63. The highest BCUT2D eigenvalue weighted by atomic mass is 79.9. The highest BCUT2D eigenvalue weighted by Gasteiger charge is 2.02. The Kier molecular flexibility index (Phi) is 5.53. The van der Waals surface area contributed by atoms with Gasteiger partial charge in [-0.15, -0.1) is 0 Å². The molecule has 0 unspecified atom stereocenters. The van der Waals surface area contributed by atoms with E-state index in [0.717, 1.165) is 16.6 Å². The first-order valence-corrected chi connectivity index (χ1v) is 6.33. The van der Waals surface area contributed by atoms with Crippen molar-refractivity contribution >= 4 is 21.7 Å². The summed E-state index contributed by atoms with van der Waals surface area (Å²) < 4.78 is 6.55. The van der Waals surface area contributed by atoms with E-state index in [4.69, 9.17) is 4.74 Å². The summed E-state index contributed by atoms with van der Waals surface area (Å²) in [5, 5.41) is 0. The van der Waals surface area contributed by atoms with Crippen molar-refractivity contribution < 1.29 is 9.53 Å². The highest BCUT2D eigenvalue weighted by Crippen LogP contribution is 2.25. The van der Waals surface area contributed by atoms with Gasteiger partial charge in [0.2, 0.25) is 0 Å². The molecule has 0 spiro atoms. The van der Waals surface area contributed by atoms with Gasteiger partial charge in [-0.2, -0.15) is 0 Å². The summed E-state index contributed by atoms with van der Waals surface area (Å²) in [4.78, 5) is 11.1. The van der Waals surface area contributed by atoms with Gasteiger partial charge < -0.3 is 4.74 Å². The van der Waals surface area contributed by atoms with E-state index in [1.807, 2.05) is 32.0 Å². The average Bonchev–Trinajstić information content (AvgIpc) is 2.26. The smallest absolute Gasteiger partial charge is 0.133 e. The Balaban J connectivity index is 2.35. The van der Waals surface area contributed by atoms with E-state index in [0.29, 0.717) is 25.2 Å². The summed E-state index contributed by atoms with van der Waals surface area (Å²) in [7, 11) is 0. The van der Waals surface area contributed by atoms with Gasteiger partial charge in [-0.3, -0.25) is 4.79 Å². The summed E-state index contributed by atoms with van der Waals surface area (Å²) in [5.41, 5.74) is 1.19. The lowest BCUT2D eigenvalue weighted by molar-refractivity contribution is -0.118. The topological polar surface area (TPSA) is 26.3 Å². The Morgan fingerprint density at radius 2 is 2.19 bits per heavy atom. The molecule has 1 aromatic rings. The van der Waals surface area contributed by atoms with Crippen LogP contribution in [0.5, 0.6) is 5.75 Å². The third-order valence-electron chi connectivity index (χ3n) is 2.34. The number of rotatable bonds is 6. The Morgan fingerprint density at radius 1 is 1.44 bits per heavy atom. The van der Waals surface area contributed by atoms with Crippen LogP contribution < -0.4 is 4.74 Å². The van der Waals surface area contributed by atoms with Crippen LogP contribution in [0.2, 0.25) is 0 Å². The fraction of sp³-hybridized carbons (Fsp3) is 0.462. The molecular weight excluding hydrogens is 268 g/mol. The van der Waals surface area contributed by atoms with Crippen molar-refractivity contribution in [3.8, 4) is 5.75 Å². The molecule has 2 nitrogen and oxygen atoms in total. The number of ketones is 1. The highest BCUT2D eigenvalue weighted by molar-refractivity contribution is 9.10. The van der Waals surface area contributed by atoms with Gasteiger partial charge in [0.1, 0.15) is 11.5 Å². The van der Waals surface area contributed by atoms with Crippen LogP contribution in [0, 0.1) is 6.92 Å². The molecule has 3 heteroatoms. The molecule has 88 valence electrons. The number of carbonyl (C=O) groups excluding carboxylic acids is 1. The van der Waals surface area contributed by atoms with E-state index in [-0.39, 0.29) is 0 Å². The van der Waals surface area contributed by atoms with Crippen LogP contribution in [0.3, 0.4) is 0 Å². The van der Waals surface area contributed by atoms with E-state index in [1.54, 1.807) is 0 Å². The van der Waals surface area contributed by atoms with Crippen LogP contribution in [0.1, 0.15) is 31.7 Å². The van der Waals surface area contributed by atoms with Crippen LogP contribution >= 0.6 is 15.9 Å². The third-order valence-corrected chi connectivity index (χ3v) is 2.96. The molecule has 0 saturated heterocycles. The summed E-state index contributed by atoms with van der Waals surface area (Å²) in [6.07, 6.45) is 2.02. The van der Waals surface area contributed by atoms with Crippen LogP contribution in [-0.2, 0) is 4.79 Å². The summed E-state index contributed by atoms with van der Waals surface area (Å²) in [6, 6.07) is 5.98. The minimum absolute atomic E-state index is 0.298. The maximum Gasteiger partial charge on any atom is 0.133 e. The third kappa shape index (κ3) is 4.35. The SMILES string of the molecule is CCC(=O)CCCOc1ccc(C)cc1Br. The molecule has 0 aliphatic carbocycles. The first-order chi connectivity index (χ1) is 7.63. The van der Waals surface area contributed by atoms with Crippen molar-refractivity contribution in [2.75, 3.05) is 6.61 Å². The van der Waals surface area contributed by atoms with Crippen molar-refractivity contribution in [3.05, 3.63) is 28.2 Å². The minimum Gasteiger partial charge on any atom is -0.492 e. The zero-order valence-corrected chi connectivity index (χ0v) is 11.3. The van der Waals surface area contributed by atoms with Crippen molar-refractivity contribution in [1.29, 1.82) is 0 Å². The molecule has 1 rings (SSSR count). The Bertz CT molecular complexity index is 361. The molecule has 0 radical (unpaired) electrons. The lowest BCUT2D eigenvalue weighted by atomic mass is 10.2. The summed E-state index contributed by atoms with van der Waals surface area (Å²) in [5.74, 6) is 1.14. The number of halogens is 1. The largest absolute Gasteiger partial charge is 0.492 e. The fourth-order valence-electron chi connectivity index (χ4n) is 1.35. The molecule has 0 atom stereocenters. The van der Waals surface area contributed by atoms with E-state index >= 15 is 0 Å². The molecule has 0 fully saturated rings. The Labute approximate surface area is 105 Å². The first-order valence-electron chi connectivity index (χ1n) is 5.54. The van der Waals surface area contributed by atoms with Crippen LogP contribution in [0.25, 0.3) is 0 Å². The number of Topliss-reactive ketones (excluding diaryl/α,β-unsaturated/α-hetero) is 1. The molecule has 0 aliphatic rings. The molecule has 0 aliphatic heterocycles. The van der Waals surface area contributed by atoms with Crippen molar-refractivity contribution in [1.82, 2.24) is 0 Å². The summed E-state index contributed by atoms with van der Waals surface area (Å²) in [6.45, 7) is 4.52. The summed E-state index contributed by atoms with van der Waals surface area (Å²) >= 11 is 3.45. The van der Waals surface area contributed by atoms with E-state index in [2.05, 4.69) is 15.9 Å². The van der Waals surface area contributed by atoms with Gasteiger partial charge in [0, 0.05) is 12.8 Å². The lowest BCUT2D eigenvalue weighted by Gasteiger charge is -2.08. The zero-order valence-electron chi connectivity index (χ0n) is 9.75. The molecule has 1 aromatic carbocycles. The van der Waals surface area contributed by atoms with E-state index in [9.17, 15) is 4.79 Å². The number of hydrogen-bond donors (Lipinski definition) is 0. The van der Waals surface area contributed by atoms with E-state index < -0.39 is 0 Å². The van der Waals surface area contributed by atoms with Gasteiger partial charge in [0.25, 0.3) is 0 Å². The van der Waals surface area contributed by atoms with Gasteiger partial charge in [-0.1, -0.05) is 13.0 Å². The molecule has 0 aromatic heterocycles. The Morgan fingerprint density at radius 3 is 2.81 bits per heavy atom. The number of carbonyl (C=O) groups is 1. The molecular formula is C13H17BrO2. The number of ether oxygens (including phenoxy) is 1. The fourth-order valence-corrected chi connectivity index (χ4v) is 1.96. The maximum atomic E-state index is 11.1. The molecule has 0 bridgehead atoms. The predicted octanol–water partition coefficient (Wildman–Crippen LogP) is 3.90.